The Balaban J connectivity index is 2.81. The summed E-state index contributed by atoms with van der Waals surface area (Å²) in [4.78, 5) is 25.5. The molecule has 0 saturated heterocycles. The molecule has 0 spiro atoms. The normalized spacial score (nSPS) is 12.0. The molecule has 7 nitrogen and oxygen atoms in total. The second kappa shape index (κ2) is 5.95. The lowest BCUT2D eigenvalue weighted by atomic mass is 10.0. The predicted molar refractivity (Wildman–Crippen MR) is 67.2 cm³/mol. The van der Waals surface area contributed by atoms with Crippen LogP contribution in [0.15, 0.2) is 18.3 Å². The first kappa shape index (κ1) is 13.9. The number of rotatable bonds is 5. The molecule has 1 atom stereocenters. The summed E-state index contributed by atoms with van der Waals surface area (Å²) in [5, 5.41) is 16.0. The molecule has 7 heteroatoms. The van der Waals surface area contributed by atoms with Crippen LogP contribution in [0, 0.1) is 16.0 Å². The van der Waals surface area contributed by atoms with Gasteiger partial charge in [-0.1, -0.05) is 13.8 Å². The molecular formula is C11H16N4O3. The SMILES string of the molecule is CNC(=O)C(Nc1ccc([N+](=O)[O-])cn1)C(C)C. The van der Waals surface area contributed by atoms with E-state index in [0.29, 0.717) is 5.82 Å². The zero-order valence-corrected chi connectivity index (χ0v) is 10.5. The molecule has 98 valence electrons. The number of carbonyl (C=O) groups is 1. The quantitative estimate of drug-likeness (QED) is 0.605. The smallest absolute Gasteiger partial charge is 0.287 e. The fourth-order valence-corrected chi connectivity index (χ4v) is 1.43. The van der Waals surface area contributed by atoms with Crippen molar-refractivity contribution >= 4 is 17.4 Å². The van der Waals surface area contributed by atoms with Gasteiger partial charge in [-0.2, -0.15) is 0 Å². The molecule has 0 aliphatic carbocycles. The maximum Gasteiger partial charge on any atom is 0.287 e. The van der Waals surface area contributed by atoms with Crippen molar-refractivity contribution in [3.8, 4) is 0 Å². The van der Waals surface area contributed by atoms with Crippen molar-refractivity contribution in [2.45, 2.75) is 19.9 Å². The molecule has 1 unspecified atom stereocenters. The van der Waals surface area contributed by atoms with Crippen molar-refractivity contribution in [3.05, 3.63) is 28.4 Å². The summed E-state index contributed by atoms with van der Waals surface area (Å²) in [5.41, 5.74) is -0.0819. The first-order valence-electron chi connectivity index (χ1n) is 5.54. The van der Waals surface area contributed by atoms with E-state index in [9.17, 15) is 14.9 Å². The second-order valence-electron chi connectivity index (χ2n) is 4.14. The van der Waals surface area contributed by atoms with Gasteiger partial charge in [0.25, 0.3) is 5.69 Å². The van der Waals surface area contributed by atoms with Gasteiger partial charge in [0.05, 0.1) is 4.92 Å². The van der Waals surface area contributed by atoms with Crippen LogP contribution in [0.5, 0.6) is 0 Å². The maximum absolute atomic E-state index is 11.6. The van der Waals surface area contributed by atoms with Crippen LogP contribution < -0.4 is 10.6 Å². The van der Waals surface area contributed by atoms with E-state index >= 15 is 0 Å². The molecule has 0 radical (unpaired) electrons. The Morgan fingerprint density at radius 3 is 2.50 bits per heavy atom. The summed E-state index contributed by atoms with van der Waals surface area (Å²) in [6.07, 6.45) is 1.16. The van der Waals surface area contributed by atoms with Crippen molar-refractivity contribution in [2.24, 2.45) is 5.92 Å². The van der Waals surface area contributed by atoms with Gasteiger partial charge in [0.1, 0.15) is 18.1 Å². The number of carbonyl (C=O) groups excluding carboxylic acids is 1. The van der Waals surface area contributed by atoms with Gasteiger partial charge in [-0.15, -0.1) is 0 Å². The molecule has 1 amide bonds. The third kappa shape index (κ3) is 3.41. The predicted octanol–water partition coefficient (Wildman–Crippen LogP) is 1.17. The lowest BCUT2D eigenvalue weighted by Gasteiger charge is -2.20. The summed E-state index contributed by atoms with van der Waals surface area (Å²) in [6, 6.07) is 2.40. The van der Waals surface area contributed by atoms with E-state index in [4.69, 9.17) is 0 Å². The van der Waals surface area contributed by atoms with Gasteiger partial charge in [-0.25, -0.2) is 4.98 Å². The molecule has 0 fully saturated rings. The van der Waals surface area contributed by atoms with Gasteiger partial charge in [-0.05, 0) is 12.0 Å². The number of anilines is 1. The third-order valence-electron chi connectivity index (χ3n) is 2.46. The summed E-state index contributed by atoms with van der Waals surface area (Å²) >= 11 is 0. The van der Waals surface area contributed by atoms with Crippen molar-refractivity contribution in [3.63, 3.8) is 0 Å². The molecule has 0 saturated carbocycles. The molecule has 2 N–H and O–H groups in total. The molecule has 1 aromatic rings. The number of hydrogen-bond donors (Lipinski definition) is 2. The van der Waals surface area contributed by atoms with Crippen molar-refractivity contribution in [2.75, 3.05) is 12.4 Å². The minimum absolute atomic E-state index is 0.0712. The zero-order valence-electron chi connectivity index (χ0n) is 10.5. The number of nitrogens with one attached hydrogen (secondary N) is 2. The van der Waals surface area contributed by atoms with Gasteiger partial charge >= 0.3 is 0 Å². The monoisotopic (exact) mass is 252 g/mol. The first-order valence-corrected chi connectivity index (χ1v) is 5.54. The van der Waals surface area contributed by atoms with E-state index in [-0.39, 0.29) is 17.5 Å². The molecule has 1 aromatic heterocycles. The van der Waals surface area contributed by atoms with Crippen molar-refractivity contribution < 1.29 is 9.72 Å². The van der Waals surface area contributed by atoms with Gasteiger partial charge < -0.3 is 10.6 Å². The second-order valence-corrected chi connectivity index (χ2v) is 4.14. The van der Waals surface area contributed by atoms with Crippen LogP contribution in [0.25, 0.3) is 0 Å². The minimum Gasteiger partial charge on any atom is -0.358 e. The number of likely N-dealkylation sites (N-methyl/N-ethyl adjacent to an activating group) is 1. The van der Waals surface area contributed by atoms with Crippen LogP contribution >= 0.6 is 0 Å². The Morgan fingerprint density at radius 2 is 2.11 bits per heavy atom. The zero-order chi connectivity index (χ0) is 13.7. The highest BCUT2D eigenvalue weighted by atomic mass is 16.6. The van der Waals surface area contributed by atoms with Crippen molar-refractivity contribution in [1.29, 1.82) is 0 Å². The highest BCUT2D eigenvalue weighted by molar-refractivity contribution is 5.84. The lowest BCUT2D eigenvalue weighted by molar-refractivity contribution is -0.385. The molecule has 0 aliphatic heterocycles. The largest absolute Gasteiger partial charge is 0.358 e. The Labute approximate surface area is 105 Å². The van der Waals surface area contributed by atoms with Gasteiger partial charge in [0.2, 0.25) is 5.91 Å². The number of nitrogens with zero attached hydrogens (tertiary/aromatic N) is 2. The van der Waals surface area contributed by atoms with E-state index < -0.39 is 11.0 Å². The number of nitro groups is 1. The third-order valence-corrected chi connectivity index (χ3v) is 2.46. The lowest BCUT2D eigenvalue weighted by Crippen LogP contribution is -2.41. The van der Waals surface area contributed by atoms with E-state index in [1.807, 2.05) is 13.8 Å². The highest BCUT2D eigenvalue weighted by Crippen LogP contribution is 2.14. The summed E-state index contributed by atoms with van der Waals surface area (Å²) < 4.78 is 0. The first-order chi connectivity index (χ1) is 8.45. The summed E-state index contributed by atoms with van der Waals surface area (Å²) in [6.45, 7) is 3.80. The fraction of sp³-hybridized carbons (Fsp3) is 0.455. The van der Waals surface area contributed by atoms with Gasteiger partial charge in [-0.3, -0.25) is 14.9 Å². The van der Waals surface area contributed by atoms with E-state index in [0.717, 1.165) is 6.20 Å². The van der Waals surface area contributed by atoms with Gasteiger partial charge in [0.15, 0.2) is 0 Å². The van der Waals surface area contributed by atoms with Crippen LogP contribution in [0.2, 0.25) is 0 Å². The van der Waals surface area contributed by atoms with Crippen LogP contribution in [-0.2, 0) is 4.79 Å². The molecule has 0 aromatic carbocycles. The molecule has 18 heavy (non-hydrogen) atoms. The van der Waals surface area contributed by atoms with E-state index in [2.05, 4.69) is 15.6 Å². The number of amides is 1. The molecule has 0 bridgehead atoms. The summed E-state index contributed by atoms with van der Waals surface area (Å²) in [5.74, 6) is 0.356. The van der Waals surface area contributed by atoms with Gasteiger partial charge in [0, 0.05) is 13.1 Å². The maximum atomic E-state index is 11.6. The standard InChI is InChI=1S/C11H16N4O3/c1-7(2)10(11(16)12-3)14-9-5-4-8(6-13-9)15(17)18/h4-7,10H,1-3H3,(H,12,16)(H,13,14). The van der Waals surface area contributed by atoms with Crippen LogP contribution in [0.4, 0.5) is 11.5 Å². The Morgan fingerprint density at radius 1 is 1.44 bits per heavy atom. The number of hydrogen-bond acceptors (Lipinski definition) is 5. The Hall–Kier alpha value is -2.18. The van der Waals surface area contributed by atoms with Crippen molar-refractivity contribution in [1.82, 2.24) is 10.3 Å². The highest BCUT2D eigenvalue weighted by Gasteiger charge is 2.21. The minimum atomic E-state index is -0.518. The molecular weight excluding hydrogens is 236 g/mol. The van der Waals surface area contributed by atoms with E-state index in [1.54, 1.807) is 7.05 Å². The summed E-state index contributed by atoms with van der Waals surface area (Å²) in [7, 11) is 1.56. The topological polar surface area (TPSA) is 97.2 Å². The number of pyridine rings is 1. The fourth-order valence-electron chi connectivity index (χ4n) is 1.43. The molecule has 1 heterocycles. The number of aromatic nitrogens is 1. The Bertz CT molecular complexity index is 430. The molecule has 0 aliphatic rings. The average Bonchev–Trinajstić information content (AvgIpc) is 2.35. The van der Waals surface area contributed by atoms with Crippen LogP contribution in [-0.4, -0.2) is 28.9 Å². The van der Waals surface area contributed by atoms with Crippen LogP contribution in [0.1, 0.15) is 13.8 Å². The Kier molecular flexibility index (Phi) is 4.59. The van der Waals surface area contributed by atoms with Crippen LogP contribution in [0.3, 0.4) is 0 Å². The van der Waals surface area contributed by atoms with E-state index in [1.165, 1.54) is 12.1 Å². The average molecular weight is 252 g/mol. The molecule has 1 rings (SSSR count).